The predicted octanol–water partition coefficient (Wildman–Crippen LogP) is 4.16. The van der Waals surface area contributed by atoms with Crippen LogP contribution in [-0.2, 0) is 6.54 Å². The number of hydrogen-bond donors (Lipinski definition) is 2. The summed E-state index contributed by atoms with van der Waals surface area (Å²) in [7, 11) is 0. The second-order valence-electron chi connectivity index (χ2n) is 7.10. The number of nitrogens with one attached hydrogen (secondary N) is 2. The van der Waals surface area contributed by atoms with Gasteiger partial charge in [-0.1, -0.05) is 37.3 Å². The molecule has 1 aliphatic rings. The van der Waals surface area contributed by atoms with Gasteiger partial charge in [0.1, 0.15) is 5.82 Å². The van der Waals surface area contributed by atoms with Crippen molar-refractivity contribution in [3.05, 3.63) is 59.8 Å². The van der Waals surface area contributed by atoms with E-state index in [-0.39, 0.29) is 24.0 Å². The summed E-state index contributed by atoms with van der Waals surface area (Å²) in [5.74, 6) is 2.37. The van der Waals surface area contributed by atoms with Crippen LogP contribution in [0.1, 0.15) is 43.7 Å². The van der Waals surface area contributed by atoms with Crippen LogP contribution < -0.4 is 15.5 Å². The van der Waals surface area contributed by atoms with Crippen molar-refractivity contribution in [1.29, 1.82) is 0 Å². The Morgan fingerprint density at radius 1 is 1.14 bits per heavy atom. The molecule has 3 rings (SSSR count). The Hall–Kier alpha value is -1.83. The van der Waals surface area contributed by atoms with Crippen molar-refractivity contribution in [2.24, 2.45) is 4.99 Å². The monoisotopic (exact) mass is 493 g/mol. The van der Waals surface area contributed by atoms with E-state index in [2.05, 4.69) is 76.8 Å². The maximum absolute atomic E-state index is 4.77. The first kappa shape index (κ1) is 22.5. The lowest BCUT2D eigenvalue weighted by atomic mass is 10.0. The number of nitrogens with zero attached hydrogens (tertiary/aromatic N) is 3. The zero-order valence-electron chi connectivity index (χ0n) is 16.9. The van der Waals surface area contributed by atoms with Crippen molar-refractivity contribution in [2.75, 3.05) is 31.1 Å². The Kier molecular flexibility index (Phi) is 9.54. The van der Waals surface area contributed by atoms with Crippen LogP contribution in [0.2, 0.25) is 0 Å². The van der Waals surface area contributed by atoms with Crippen molar-refractivity contribution < 1.29 is 0 Å². The van der Waals surface area contributed by atoms with Crippen LogP contribution in [-0.4, -0.2) is 37.1 Å². The molecule has 1 aromatic carbocycles. The highest BCUT2D eigenvalue weighted by Gasteiger charge is 2.13. The van der Waals surface area contributed by atoms with Gasteiger partial charge in [-0.3, -0.25) is 0 Å². The quantitative estimate of drug-likeness (QED) is 0.346. The zero-order chi connectivity index (χ0) is 18.9. The molecule has 1 unspecified atom stereocenters. The Balaban J connectivity index is 0.00000280. The average molecular weight is 493 g/mol. The predicted molar refractivity (Wildman–Crippen MR) is 129 cm³/mol. The molecule has 0 radical (unpaired) electrons. The standard InChI is InChI=1S/C22H31N5.HI/c1-3-23-22(25-16-18(2)20-9-5-4-6-10-20)26-17-19-11-12-24-21(15-19)27-13-7-8-14-27;/h4-6,9-12,15,18H,3,7-8,13-14,16-17H2,1-2H3,(H2,23,25,26);1H. The summed E-state index contributed by atoms with van der Waals surface area (Å²) in [5.41, 5.74) is 2.53. The minimum Gasteiger partial charge on any atom is -0.357 e. The first-order valence-electron chi connectivity index (χ1n) is 10.0. The lowest BCUT2D eigenvalue weighted by molar-refractivity contribution is 0.699. The topological polar surface area (TPSA) is 52.6 Å². The molecule has 1 aliphatic heterocycles. The van der Waals surface area contributed by atoms with Crippen LogP contribution in [0.25, 0.3) is 0 Å². The molecule has 0 saturated carbocycles. The van der Waals surface area contributed by atoms with Gasteiger partial charge in [0.25, 0.3) is 0 Å². The third-order valence-corrected chi connectivity index (χ3v) is 4.95. The second kappa shape index (κ2) is 11.9. The van der Waals surface area contributed by atoms with E-state index in [1.807, 2.05) is 6.20 Å². The Morgan fingerprint density at radius 3 is 2.61 bits per heavy atom. The van der Waals surface area contributed by atoms with E-state index >= 15 is 0 Å². The smallest absolute Gasteiger partial charge is 0.191 e. The van der Waals surface area contributed by atoms with Crippen LogP contribution in [0.3, 0.4) is 0 Å². The summed E-state index contributed by atoms with van der Waals surface area (Å²) in [4.78, 5) is 11.6. The SMILES string of the molecule is CCNC(=NCc1ccnc(N2CCCC2)c1)NCC(C)c1ccccc1.I. The molecule has 2 N–H and O–H groups in total. The molecule has 5 nitrogen and oxygen atoms in total. The highest BCUT2D eigenvalue weighted by Crippen LogP contribution is 2.19. The van der Waals surface area contributed by atoms with Crippen molar-refractivity contribution >= 4 is 35.8 Å². The summed E-state index contributed by atoms with van der Waals surface area (Å²) in [5, 5.41) is 6.81. The number of guanidine groups is 1. The maximum atomic E-state index is 4.77. The number of halogens is 1. The molecule has 0 bridgehead atoms. The fourth-order valence-electron chi connectivity index (χ4n) is 3.34. The van der Waals surface area contributed by atoms with Gasteiger partial charge in [-0.25, -0.2) is 9.98 Å². The van der Waals surface area contributed by atoms with Crippen LogP contribution in [0.5, 0.6) is 0 Å². The van der Waals surface area contributed by atoms with E-state index in [9.17, 15) is 0 Å². The van der Waals surface area contributed by atoms with Gasteiger partial charge in [0, 0.05) is 32.4 Å². The summed E-state index contributed by atoms with van der Waals surface area (Å²) in [6, 6.07) is 14.8. The fourth-order valence-corrected chi connectivity index (χ4v) is 3.34. The minimum absolute atomic E-state index is 0. The zero-order valence-corrected chi connectivity index (χ0v) is 19.2. The molecule has 1 fully saturated rings. The molecule has 1 aromatic heterocycles. The van der Waals surface area contributed by atoms with Crippen LogP contribution in [0.15, 0.2) is 53.7 Å². The molecular weight excluding hydrogens is 461 g/mol. The number of pyridine rings is 1. The van der Waals surface area contributed by atoms with Crippen LogP contribution >= 0.6 is 24.0 Å². The van der Waals surface area contributed by atoms with E-state index in [0.717, 1.165) is 38.0 Å². The second-order valence-corrected chi connectivity index (χ2v) is 7.10. The van der Waals surface area contributed by atoms with Gasteiger partial charge in [-0.15, -0.1) is 24.0 Å². The molecule has 0 amide bonds. The average Bonchev–Trinajstić information content (AvgIpc) is 3.26. The van der Waals surface area contributed by atoms with Gasteiger partial charge in [-0.05, 0) is 48.9 Å². The molecule has 152 valence electrons. The van der Waals surface area contributed by atoms with E-state index in [1.165, 1.54) is 24.0 Å². The molecule has 1 saturated heterocycles. The normalized spacial score (nSPS) is 15.1. The van der Waals surface area contributed by atoms with Gasteiger partial charge in [0.15, 0.2) is 5.96 Å². The molecule has 6 heteroatoms. The highest BCUT2D eigenvalue weighted by molar-refractivity contribution is 14.0. The number of hydrogen-bond acceptors (Lipinski definition) is 3. The van der Waals surface area contributed by atoms with E-state index in [4.69, 9.17) is 4.99 Å². The van der Waals surface area contributed by atoms with Crippen molar-refractivity contribution in [1.82, 2.24) is 15.6 Å². The molecule has 0 spiro atoms. The number of aromatic nitrogens is 1. The van der Waals surface area contributed by atoms with Crippen molar-refractivity contribution in [2.45, 2.75) is 39.2 Å². The molecule has 0 aliphatic carbocycles. The van der Waals surface area contributed by atoms with Gasteiger partial charge in [0.05, 0.1) is 6.54 Å². The summed E-state index contributed by atoms with van der Waals surface area (Å²) in [6.45, 7) is 8.90. The van der Waals surface area contributed by atoms with Crippen LogP contribution in [0, 0.1) is 0 Å². The van der Waals surface area contributed by atoms with Gasteiger partial charge >= 0.3 is 0 Å². The van der Waals surface area contributed by atoms with Gasteiger partial charge < -0.3 is 15.5 Å². The number of benzene rings is 1. The molecule has 2 heterocycles. The largest absolute Gasteiger partial charge is 0.357 e. The molecule has 1 atom stereocenters. The molecule has 28 heavy (non-hydrogen) atoms. The van der Waals surface area contributed by atoms with Crippen molar-refractivity contribution in [3.8, 4) is 0 Å². The third kappa shape index (κ3) is 6.65. The number of anilines is 1. The van der Waals surface area contributed by atoms with E-state index in [1.54, 1.807) is 0 Å². The lowest BCUT2D eigenvalue weighted by Crippen LogP contribution is -2.39. The first-order chi connectivity index (χ1) is 13.3. The van der Waals surface area contributed by atoms with E-state index < -0.39 is 0 Å². The van der Waals surface area contributed by atoms with Gasteiger partial charge in [-0.2, -0.15) is 0 Å². The highest BCUT2D eigenvalue weighted by atomic mass is 127. The Bertz CT molecular complexity index is 729. The van der Waals surface area contributed by atoms with E-state index in [0.29, 0.717) is 12.5 Å². The third-order valence-electron chi connectivity index (χ3n) is 4.95. The molecular formula is C22H32IN5. The van der Waals surface area contributed by atoms with Gasteiger partial charge in [0.2, 0.25) is 0 Å². The number of rotatable bonds is 7. The fraction of sp³-hybridized carbons (Fsp3) is 0.455. The maximum Gasteiger partial charge on any atom is 0.191 e. The van der Waals surface area contributed by atoms with Crippen LogP contribution in [0.4, 0.5) is 5.82 Å². The summed E-state index contributed by atoms with van der Waals surface area (Å²) in [6.07, 6.45) is 4.42. The molecule has 2 aromatic rings. The van der Waals surface area contributed by atoms with Crippen molar-refractivity contribution in [3.63, 3.8) is 0 Å². The summed E-state index contributed by atoms with van der Waals surface area (Å²) >= 11 is 0. The lowest BCUT2D eigenvalue weighted by Gasteiger charge is -2.17. The minimum atomic E-state index is 0. The first-order valence-corrected chi connectivity index (χ1v) is 10.0. The number of aliphatic imine (C=N–C) groups is 1. The summed E-state index contributed by atoms with van der Waals surface area (Å²) < 4.78 is 0. The Labute approximate surface area is 186 Å². The Morgan fingerprint density at radius 2 is 1.89 bits per heavy atom.